The monoisotopic (exact) mass is 587 g/mol. The SMILES string of the molecule is COc1ccc(C(=O)C2=C(c3ccccc3)C3(C=CC(=O)C=C3)N(Cc3ccccc3I)C2=O)cc1. The molecule has 2 aliphatic rings. The second kappa shape index (κ2) is 9.70. The number of rotatable bonds is 6. The average molecular weight is 587 g/mol. The van der Waals surface area contributed by atoms with Crippen molar-refractivity contribution >= 4 is 45.6 Å². The molecule has 5 nitrogen and oxygen atoms in total. The van der Waals surface area contributed by atoms with Gasteiger partial charge in [0.15, 0.2) is 11.6 Å². The zero-order chi connectivity index (χ0) is 25.3. The summed E-state index contributed by atoms with van der Waals surface area (Å²) in [4.78, 5) is 42.0. The van der Waals surface area contributed by atoms with E-state index in [4.69, 9.17) is 4.74 Å². The first-order chi connectivity index (χ1) is 17.4. The van der Waals surface area contributed by atoms with E-state index in [2.05, 4.69) is 22.6 Å². The highest BCUT2D eigenvalue weighted by atomic mass is 127. The molecular weight excluding hydrogens is 565 g/mol. The highest BCUT2D eigenvalue weighted by Gasteiger charge is 2.51. The molecule has 0 saturated carbocycles. The molecule has 36 heavy (non-hydrogen) atoms. The number of hydrogen-bond acceptors (Lipinski definition) is 4. The van der Waals surface area contributed by atoms with Gasteiger partial charge in [0, 0.05) is 21.3 Å². The Hall–Kier alpha value is -3.78. The van der Waals surface area contributed by atoms with Crippen molar-refractivity contribution < 1.29 is 19.1 Å². The van der Waals surface area contributed by atoms with Crippen LogP contribution in [-0.2, 0) is 16.1 Å². The van der Waals surface area contributed by atoms with E-state index in [-0.39, 0.29) is 29.6 Å². The number of carbonyl (C=O) groups excluding carboxylic acids is 3. The molecule has 0 bridgehead atoms. The smallest absolute Gasteiger partial charge is 0.259 e. The molecule has 0 atom stereocenters. The van der Waals surface area contributed by atoms with Gasteiger partial charge in [-0.05, 0) is 88.4 Å². The molecule has 1 aliphatic heterocycles. The second-order valence-electron chi connectivity index (χ2n) is 8.55. The lowest BCUT2D eigenvalue weighted by Gasteiger charge is -2.37. The summed E-state index contributed by atoms with van der Waals surface area (Å²) in [5.41, 5.74) is 1.68. The first-order valence-electron chi connectivity index (χ1n) is 11.4. The van der Waals surface area contributed by atoms with Crippen LogP contribution in [-0.4, -0.2) is 35.0 Å². The fourth-order valence-corrected chi connectivity index (χ4v) is 5.26. The topological polar surface area (TPSA) is 63.7 Å². The number of amides is 1. The third-order valence-corrected chi connectivity index (χ3v) is 7.54. The maximum Gasteiger partial charge on any atom is 0.259 e. The van der Waals surface area contributed by atoms with E-state index in [9.17, 15) is 14.4 Å². The molecule has 1 amide bonds. The fourth-order valence-electron chi connectivity index (χ4n) is 4.70. The van der Waals surface area contributed by atoms with E-state index in [1.54, 1.807) is 48.4 Å². The van der Waals surface area contributed by atoms with Gasteiger partial charge in [0.2, 0.25) is 0 Å². The van der Waals surface area contributed by atoms with E-state index in [0.29, 0.717) is 16.9 Å². The molecule has 1 heterocycles. The maximum atomic E-state index is 14.2. The van der Waals surface area contributed by atoms with Crippen LogP contribution in [0.4, 0.5) is 0 Å². The summed E-state index contributed by atoms with van der Waals surface area (Å²) >= 11 is 2.25. The molecule has 178 valence electrons. The van der Waals surface area contributed by atoms with Crippen LogP contribution in [0.1, 0.15) is 21.5 Å². The number of methoxy groups -OCH3 is 1. The largest absolute Gasteiger partial charge is 0.497 e. The number of allylic oxidation sites excluding steroid dienone is 2. The van der Waals surface area contributed by atoms with Crippen molar-refractivity contribution in [2.75, 3.05) is 7.11 Å². The summed E-state index contributed by atoms with van der Waals surface area (Å²) in [7, 11) is 1.56. The van der Waals surface area contributed by atoms with Crippen LogP contribution < -0.4 is 4.74 Å². The van der Waals surface area contributed by atoms with E-state index < -0.39 is 5.54 Å². The Morgan fingerprint density at radius 3 is 2.17 bits per heavy atom. The molecule has 0 saturated heterocycles. The normalized spacial score (nSPS) is 16.2. The van der Waals surface area contributed by atoms with Gasteiger partial charge in [0.25, 0.3) is 5.91 Å². The van der Waals surface area contributed by atoms with Crippen LogP contribution in [0, 0.1) is 3.57 Å². The Morgan fingerprint density at radius 2 is 1.53 bits per heavy atom. The molecule has 0 aromatic heterocycles. The van der Waals surface area contributed by atoms with Crippen molar-refractivity contribution in [3.05, 3.63) is 129 Å². The van der Waals surface area contributed by atoms with E-state index >= 15 is 0 Å². The number of ether oxygens (including phenoxy) is 1. The molecule has 3 aromatic rings. The highest BCUT2D eigenvalue weighted by molar-refractivity contribution is 14.1. The van der Waals surface area contributed by atoms with Gasteiger partial charge in [0.05, 0.1) is 12.7 Å². The number of ketones is 2. The van der Waals surface area contributed by atoms with Gasteiger partial charge < -0.3 is 9.64 Å². The number of Topliss-reactive ketones (excluding diaryl/α,β-unsaturated/α-hetero) is 1. The summed E-state index contributed by atoms with van der Waals surface area (Å²) in [5.74, 6) is -0.289. The zero-order valence-corrected chi connectivity index (χ0v) is 21.6. The van der Waals surface area contributed by atoms with Crippen molar-refractivity contribution in [3.63, 3.8) is 0 Å². The Bertz CT molecular complexity index is 1440. The molecule has 0 fully saturated rings. The van der Waals surface area contributed by atoms with Gasteiger partial charge in [-0.1, -0.05) is 48.5 Å². The summed E-state index contributed by atoms with van der Waals surface area (Å²) in [6, 6.07) is 24.0. The van der Waals surface area contributed by atoms with Crippen LogP contribution in [0.5, 0.6) is 5.75 Å². The van der Waals surface area contributed by atoms with Crippen molar-refractivity contribution in [3.8, 4) is 5.75 Å². The third-order valence-electron chi connectivity index (χ3n) is 6.49. The van der Waals surface area contributed by atoms with Gasteiger partial charge in [0.1, 0.15) is 11.3 Å². The molecule has 0 N–H and O–H groups in total. The molecule has 5 rings (SSSR count). The maximum absolute atomic E-state index is 14.2. The molecule has 0 radical (unpaired) electrons. The van der Waals surface area contributed by atoms with Gasteiger partial charge in [-0.25, -0.2) is 0 Å². The zero-order valence-electron chi connectivity index (χ0n) is 19.5. The minimum Gasteiger partial charge on any atom is -0.497 e. The highest BCUT2D eigenvalue weighted by Crippen LogP contribution is 2.47. The van der Waals surface area contributed by atoms with E-state index in [1.165, 1.54) is 12.2 Å². The van der Waals surface area contributed by atoms with Crippen molar-refractivity contribution in [1.29, 1.82) is 0 Å². The second-order valence-corrected chi connectivity index (χ2v) is 9.71. The predicted octanol–water partition coefficient (Wildman–Crippen LogP) is 5.41. The number of hydrogen-bond donors (Lipinski definition) is 0. The van der Waals surface area contributed by atoms with Crippen LogP contribution in [0.3, 0.4) is 0 Å². The Balaban J connectivity index is 1.73. The van der Waals surface area contributed by atoms with Crippen LogP contribution in [0.2, 0.25) is 0 Å². The molecular formula is C30H22INO4. The Kier molecular flexibility index (Phi) is 6.45. The van der Waals surface area contributed by atoms with E-state index in [1.807, 2.05) is 54.6 Å². The van der Waals surface area contributed by atoms with Crippen molar-refractivity contribution in [2.45, 2.75) is 12.1 Å². The minimum atomic E-state index is -1.08. The third kappa shape index (κ3) is 4.11. The molecule has 1 aliphatic carbocycles. The van der Waals surface area contributed by atoms with Gasteiger partial charge in [-0.3, -0.25) is 14.4 Å². The Morgan fingerprint density at radius 1 is 0.889 bits per heavy atom. The first-order valence-corrected chi connectivity index (χ1v) is 12.5. The number of carbonyl (C=O) groups is 3. The lowest BCUT2D eigenvalue weighted by molar-refractivity contribution is -0.128. The first kappa shape index (κ1) is 23.9. The van der Waals surface area contributed by atoms with Gasteiger partial charge in [-0.15, -0.1) is 0 Å². The predicted molar refractivity (Wildman–Crippen MR) is 146 cm³/mol. The standard InChI is InChI=1S/C30H22INO4/c1-36-24-13-11-21(12-14-24)28(34)26-27(20-7-3-2-4-8-20)30(17-15-23(33)16-18-30)32(29(26)35)19-22-9-5-6-10-25(22)31/h2-18H,19H2,1H3. The quantitative estimate of drug-likeness (QED) is 0.220. The average Bonchev–Trinajstić information content (AvgIpc) is 3.14. The number of halogens is 1. The summed E-state index contributed by atoms with van der Waals surface area (Å²) in [6.45, 7) is 0.274. The number of nitrogens with zero attached hydrogens (tertiary/aromatic N) is 1. The van der Waals surface area contributed by atoms with Crippen LogP contribution in [0.15, 0.2) is 109 Å². The summed E-state index contributed by atoms with van der Waals surface area (Å²) in [5, 5.41) is 0. The lowest BCUT2D eigenvalue weighted by Crippen LogP contribution is -2.46. The van der Waals surface area contributed by atoms with Gasteiger partial charge >= 0.3 is 0 Å². The summed E-state index contributed by atoms with van der Waals surface area (Å²) < 4.78 is 6.24. The van der Waals surface area contributed by atoms with Crippen LogP contribution >= 0.6 is 22.6 Å². The minimum absolute atomic E-state index is 0.0981. The summed E-state index contributed by atoms with van der Waals surface area (Å²) in [6.07, 6.45) is 6.42. The van der Waals surface area contributed by atoms with E-state index in [0.717, 1.165) is 14.7 Å². The Labute approximate surface area is 222 Å². The molecule has 6 heteroatoms. The van der Waals surface area contributed by atoms with Crippen molar-refractivity contribution in [2.24, 2.45) is 0 Å². The van der Waals surface area contributed by atoms with Gasteiger partial charge in [-0.2, -0.15) is 0 Å². The molecule has 3 aromatic carbocycles. The van der Waals surface area contributed by atoms with Crippen LogP contribution in [0.25, 0.3) is 5.57 Å². The lowest BCUT2D eigenvalue weighted by atomic mass is 9.80. The fraction of sp³-hybridized carbons (Fsp3) is 0.100. The molecule has 1 spiro atoms. The van der Waals surface area contributed by atoms with Crippen molar-refractivity contribution in [1.82, 2.24) is 4.90 Å². The molecule has 0 unspecified atom stereocenters. The number of benzene rings is 3.